The molecule has 0 bridgehead atoms. The number of rotatable bonds is 9. The summed E-state index contributed by atoms with van der Waals surface area (Å²) in [7, 11) is 0. The van der Waals surface area contributed by atoms with E-state index in [9.17, 15) is 14.4 Å². The van der Waals surface area contributed by atoms with Gasteiger partial charge in [0.25, 0.3) is 0 Å². The highest BCUT2D eigenvalue weighted by atomic mass is 32.2. The van der Waals surface area contributed by atoms with E-state index in [1.54, 1.807) is 36.4 Å². The third-order valence-corrected chi connectivity index (χ3v) is 4.72. The van der Waals surface area contributed by atoms with Crippen molar-refractivity contribution in [1.29, 1.82) is 0 Å². The Labute approximate surface area is 167 Å². The van der Waals surface area contributed by atoms with Crippen LogP contribution in [-0.2, 0) is 4.79 Å². The maximum absolute atomic E-state index is 12.0. The van der Waals surface area contributed by atoms with E-state index in [-0.39, 0.29) is 29.8 Å². The maximum Gasteiger partial charge on any atom is 0.239 e. The minimum atomic E-state index is -0.239. The highest BCUT2D eigenvalue weighted by Crippen LogP contribution is 2.11. The molecule has 5 nitrogen and oxygen atoms in total. The highest BCUT2D eigenvalue weighted by molar-refractivity contribution is 8.14. The summed E-state index contributed by atoms with van der Waals surface area (Å²) in [6.07, 6.45) is 0.0635. The van der Waals surface area contributed by atoms with Gasteiger partial charge in [-0.2, -0.15) is 0 Å². The first-order valence-corrected chi connectivity index (χ1v) is 9.79. The first kappa shape index (κ1) is 20.8. The maximum atomic E-state index is 12.0. The van der Waals surface area contributed by atoms with Gasteiger partial charge in [-0.3, -0.25) is 14.4 Å². The normalized spacial score (nSPS) is 10.1. The predicted octanol–water partition coefficient (Wildman–Crippen LogP) is 2.87. The van der Waals surface area contributed by atoms with Gasteiger partial charge in [-0.25, -0.2) is 0 Å². The fourth-order valence-electron chi connectivity index (χ4n) is 2.17. The van der Waals surface area contributed by atoms with Crippen LogP contribution in [-0.4, -0.2) is 40.6 Å². The Morgan fingerprint density at radius 3 is 2.07 bits per heavy atom. The van der Waals surface area contributed by atoms with E-state index >= 15 is 0 Å². The van der Waals surface area contributed by atoms with Gasteiger partial charge in [0.05, 0.1) is 18.0 Å². The van der Waals surface area contributed by atoms with Gasteiger partial charge in [-0.1, -0.05) is 84.6 Å². The number of benzene rings is 2. The molecule has 0 saturated heterocycles. The number of carbonyl (C=O) groups is 3. The molecule has 0 aliphatic carbocycles. The van der Waals surface area contributed by atoms with Crippen LogP contribution in [0.25, 0.3) is 0 Å². The summed E-state index contributed by atoms with van der Waals surface area (Å²) < 4.78 is 0. The lowest BCUT2D eigenvalue weighted by Gasteiger charge is -2.08. The molecule has 140 valence electrons. The zero-order chi connectivity index (χ0) is 19.5. The van der Waals surface area contributed by atoms with Crippen molar-refractivity contribution in [3.8, 4) is 0 Å². The Balaban J connectivity index is 1.60. The fourth-order valence-corrected chi connectivity index (χ4v) is 3.06. The first-order valence-electron chi connectivity index (χ1n) is 8.40. The SMILES string of the molecule is O=C(CNC(=S)CC(=O)c1ccccc1)NCCSC(=O)c1ccccc1. The molecule has 1 amide bonds. The molecule has 0 heterocycles. The van der Waals surface area contributed by atoms with Gasteiger partial charge in [0, 0.05) is 23.4 Å². The molecule has 2 aromatic rings. The van der Waals surface area contributed by atoms with E-state index < -0.39 is 0 Å². The van der Waals surface area contributed by atoms with Crippen molar-refractivity contribution < 1.29 is 14.4 Å². The number of thioether (sulfide) groups is 1. The zero-order valence-electron chi connectivity index (χ0n) is 14.6. The molecule has 0 saturated carbocycles. The average molecular weight is 401 g/mol. The molecule has 0 aliphatic heterocycles. The van der Waals surface area contributed by atoms with Crippen LogP contribution in [0, 0.1) is 0 Å². The van der Waals surface area contributed by atoms with Crippen LogP contribution in [0.2, 0.25) is 0 Å². The Morgan fingerprint density at radius 2 is 1.44 bits per heavy atom. The lowest BCUT2D eigenvalue weighted by molar-refractivity contribution is -0.119. The molecule has 0 aliphatic rings. The van der Waals surface area contributed by atoms with Crippen molar-refractivity contribution in [2.24, 2.45) is 0 Å². The summed E-state index contributed by atoms with van der Waals surface area (Å²) >= 11 is 6.27. The number of Topliss-reactive ketones (excluding diaryl/α,β-unsaturated/α-hetero) is 1. The monoisotopic (exact) mass is 400 g/mol. The van der Waals surface area contributed by atoms with E-state index in [1.807, 2.05) is 24.3 Å². The predicted molar refractivity (Wildman–Crippen MR) is 112 cm³/mol. The van der Waals surface area contributed by atoms with Crippen molar-refractivity contribution >= 4 is 45.8 Å². The van der Waals surface area contributed by atoms with Gasteiger partial charge < -0.3 is 10.6 Å². The summed E-state index contributed by atoms with van der Waals surface area (Å²) in [6, 6.07) is 17.9. The van der Waals surface area contributed by atoms with Crippen LogP contribution in [0.1, 0.15) is 27.1 Å². The summed E-state index contributed by atoms with van der Waals surface area (Å²) in [5.74, 6) is 0.151. The molecule has 0 radical (unpaired) electrons. The number of amides is 1. The molecular formula is C20H20N2O3S2. The smallest absolute Gasteiger partial charge is 0.239 e. The minimum absolute atomic E-state index is 0.00178. The second-order valence-corrected chi connectivity index (χ2v) is 7.16. The first-order chi connectivity index (χ1) is 13.1. The number of nitrogens with one attached hydrogen (secondary N) is 2. The van der Waals surface area contributed by atoms with E-state index in [4.69, 9.17) is 12.2 Å². The largest absolute Gasteiger partial charge is 0.370 e. The molecule has 0 unspecified atom stereocenters. The van der Waals surface area contributed by atoms with Gasteiger partial charge in [0.15, 0.2) is 5.78 Å². The summed E-state index contributed by atoms with van der Waals surface area (Å²) in [4.78, 5) is 36.1. The molecule has 2 rings (SSSR count). The summed E-state index contributed by atoms with van der Waals surface area (Å²) in [6.45, 7) is 0.373. The van der Waals surface area contributed by atoms with Crippen LogP contribution < -0.4 is 10.6 Å². The number of hydrogen-bond donors (Lipinski definition) is 2. The third kappa shape index (κ3) is 7.72. The Morgan fingerprint density at radius 1 is 0.852 bits per heavy atom. The summed E-state index contributed by atoms with van der Waals surface area (Å²) in [5, 5.41) is 5.47. The number of thiocarbonyl (C=S) groups is 1. The second-order valence-electron chi connectivity index (χ2n) is 5.59. The zero-order valence-corrected chi connectivity index (χ0v) is 16.3. The van der Waals surface area contributed by atoms with Crippen molar-refractivity contribution in [3.05, 3.63) is 71.8 Å². The summed E-state index contributed by atoms with van der Waals surface area (Å²) in [5.41, 5.74) is 1.23. The molecule has 0 aromatic heterocycles. The molecule has 2 N–H and O–H groups in total. The molecular weight excluding hydrogens is 380 g/mol. The Bertz CT molecular complexity index is 795. The van der Waals surface area contributed by atoms with Crippen LogP contribution in [0.3, 0.4) is 0 Å². The lowest BCUT2D eigenvalue weighted by atomic mass is 10.1. The third-order valence-electron chi connectivity index (χ3n) is 3.53. The molecule has 27 heavy (non-hydrogen) atoms. The van der Waals surface area contributed by atoms with E-state index in [1.165, 1.54) is 0 Å². The van der Waals surface area contributed by atoms with E-state index in [0.717, 1.165) is 11.8 Å². The second kappa shape index (κ2) is 11.3. The van der Waals surface area contributed by atoms with Crippen LogP contribution in [0.5, 0.6) is 0 Å². The van der Waals surface area contributed by atoms with Gasteiger partial charge in [0.2, 0.25) is 11.0 Å². The molecule has 7 heteroatoms. The minimum Gasteiger partial charge on any atom is -0.370 e. The Hall–Kier alpha value is -2.51. The number of ketones is 1. The van der Waals surface area contributed by atoms with Crippen molar-refractivity contribution in [2.75, 3.05) is 18.8 Å². The standard InChI is InChI=1S/C20H20N2O3S2/c23-17(15-7-3-1-4-8-15)13-19(26)22-14-18(24)21-11-12-27-20(25)16-9-5-2-6-10-16/h1-10H,11-14H2,(H,21,24)(H,22,26). The highest BCUT2D eigenvalue weighted by Gasteiger charge is 2.10. The van der Waals surface area contributed by atoms with Crippen molar-refractivity contribution in [3.63, 3.8) is 0 Å². The van der Waals surface area contributed by atoms with E-state index in [0.29, 0.717) is 28.4 Å². The quantitative estimate of drug-likeness (QED) is 0.383. The topological polar surface area (TPSA) is 75.3 Å². The molecule has 0 fully saturated rings. The average Bonchev–Trinajstić information content (AvgIpc) is 2.70. The molecule has 0 atom stereocenters. The number of hydrogen-bond acceptors (Lipinski definition) is 5. The lowest BCUT2D eigenvalue weighted by Crippen LogP contribution is -2.37. The van der Waals surface area contributed by atoms with Gasteiger partial charge in [-0.05, 0) is 0 Å². The fraction of sp³-hybridized carbons (Fsp3) is 0.200. The number of carbonyl (C=O) groups excluding carboxylic acids is 3. The van der Waals surface area contributed by atoms with Crippen molar-refractivity contribution in [2.45, 2.75) is 6.42 Å². The van der Waals surface area contributed by atoms with Crippen LogP contribution >= 0.6 is 24.0 Å². The van der Waals surface area contributed by atoms with Crippen LogP contribution in [0.15, 0.2) is 60.7 Å². The van der Waals surface area contributed by atoms with Gasteiger partial charge >= 0.3 is 0 Å². The Kier molecular flexibility index (Phi) is 8.67. The van der Waals surface area contributed by atoms with E-state index in [2.05, 4.69) is 10.6 Å². The molecule has 2 aromatic carbocycles. The molecule has 0 spiro atoms. The van der Waals surface area contributed by atoms with Crippen LogP contribution in [0.4, 0.5) is 0 Å². The van der Waals surface area contributed by atoms with Gasteiger partial charge in [0.1, 0.15) is 0 Å². The van der Waals surface area contributed by atoms with Gasteiger partial charge in [-0.15, -0.1) is 0 Å². The van der Waals surface area contributed by atoms with Crippen molar-refractivity contribution in [1.82, 2.24) is 10.6 Å².